The van der Waals surface area contributed by atoms with Crippen molar-refractivity contribution in [3.8, 4) is 0 Å². The van der Waals surface area contributed by atoms with Crippen LogP contribution in [0.2, 0.25) is 5.02 Å². The summed E-state index contributed by atoms with van der Waals surface area (Å²) in [6.07, 6.45) is 3.02. The van der Waals surface area contributed by atoms with Gasteiger partial charge in [0.05, 0.1) is 4.24 Å². The van der Waals surface area contributed by atoms with Crippen molar-refractivity contribution < 1.29 is 9.59 Å². The summed E-state index contributed by atoms with van der Waals surface area (Å²) in [6.45, 7) is 3.93. The van der Waals surface area contributed by atoms with E-state index in [9.17, 15) is 9.59 Å². The van der Waals surface area contributed by atoms with Crippen LogP contribution in [-0.4, -0.2) is 23.2 Å². The van der Waals surface area contributed by atoms with Crippen LogP contribution in [0.1, 0.15) is 19.4 Å². The molecule has 0 saturated heterocycles. The first-order valence-corrected chi connectivity index (χ1v) is 9.12. The molecule has 3 nitrogen and oxygen atoms in total. The molecule has 1 rings (SSSR count). The number of nitrogens with two attached hydrogens (primary N) is 1. The van der Waals surface area contributed by atoms with E-state index in [0.29, 0.717) is 9.26 Å². The Kier molecular flexibility index (Phi) is 8.38. The predicted molar refractivity (Wildman–Crippen MR) is 98.0 cm³/mol. The average molecular weight is 356 g/mol. The Labute approximate surface area is 144 Å². The molecule has 1 aromatic rings. The molecule has 2 N–H and O–H groups in total. The number of primary amides is 1. The quantitative estimate of drug-likeness (QED) is 0.433. The van der Waals surface area contributed by atoms with Crippen LogP contribution in [0.5, 0.6) is 0 Å². The molecule has 6 heteroatoms. The summed E-state index contributed by atoms with van der Waals surface area (Å²) in [5.74, 6) is 0.475. The van der Waals surface area contributed by atoms with E-state index in [4.69, 9.17) is 17.3 Å². The van der Waals surface area contributed by atoms with Crippen molar-refractivity contribution in [2.75, 3.05) is 11.5 Å². The van der Waals surface area contributed by atoms with Gasteiger partial charge in [-0.1, -0.05) is 43.7 Å². The minimum absolute atomic E-state index is 0.0592. The summed E-state index contributed by atoms with van der Waals surface area (Å²) in [5.41, 5.74) is 6.28. The highest BCUT2D eigenvalue weighted by molar-refractivity contribution is 8.22. The second kappa shape index (κ2) is 9.77. The second-order valence-electron chi connectivity index (χ2n) is 4.14. The van der Waals surface area contributed by atoms with E-state index < -0.39 is 5.91 Å². The highest BCUT2D eigenvalue weighted by atomic mass is 35.5. The van der Waals surface area contributed by atoms with E-state index in [0.717, 1.165) is 17.1 Å². The lowest BCUT2D eigenvalue weighted by Crippen LogP contribution is -2.20. The Hall–Kier alpha value is -1.17. The zero-order valence-corrected chi connectivity index (χ0v) is 14.9. The van der Waals surface area contributed by atoms with Crippen molar-refractivity contribution in [3.63, 3.8) is 0 Å². The number of amides is 1. The molecule has 0 radical (unpaired) electrons. The van der Waals surface area contributed by atoms with E-state index in [1.54, 1.807) is 30.3 Å². The fourth-order valence-corrected chi connectivity index (χ4v) is 3.98. The van der Waals surface area contributed by atoms with Crippen LogP contribution >= 0.6 is 35.1 Å². The number of carbonyl (C=O) groups is 2. The van der Waals surface area contributed by atoms with Crippen LogP contribution in [0.3, 0.4) is 0 Å². The number of allylic oxidation sites excluding steroid dienone is 1. The van der Waals surface area contributed by atoms with Crippen LogP contribution in [0.4, 0.5) is 0 Å². The summed E-state index contributed by atoms with van der Waals surface area (Å²) in [5, 5.41) is 0.627. The lowest BCUT2D eigenvalue weighted by Gasteiger charge is -2.08. The van der Waals surface area contributed by atoms with Gasteiger partial charge in [-0.25, -0.2) is 0 Å². The van der Waals surface area contributed by atoms with E-state index >= 15 is 0 Å². The maximum absolute atomic E-state index is 12.3. The molecular formula is C16H18ClNO2S2. The SMILES string of the molecule is CCSC(SCC)=C(C(N)=O)C(=O)/C=C/c1ccc(Cl)cc1. The van der Waals surface area contributed by atoms with Gasteiger partial charge in [-0.2, -0.15) is 0 Å². The van der Waals surface area contributed by atoms with Gasteiger partial charge in [0.1, 0.15) is 5.57 Å². The number of benzene rings is 1. The average Bonchev–Trinajstić information content (AvgIpc) is 2.47. The monoisotopic (exact) mass is 355 g/mol. The molecule has 0 spiro atoms. The second-order valence-corrected chi connectivity index (χ2v) is 7.39. The van der Waals surface area contributed by atoms with Crippen LogP contribution in [0.25, 0.3) is 6.08 Å². The summed E-state index contributed by atoms with van der Waals surface area (Å²) in [7, 11) is 0. The van der Waals surface area contributed by atoms with E-state index in [-0.39, 0.29) is 11.4 Å². The Morgan fingerprint density at radius 3 is 2.14 bits per heavy atom. The van der Waals surface area contributed by atoms with Crippen molar-refractivity contribution in [3.05, 3.63) is 50.7 Å². The van der Waals surface area contributed by atoms with E-state index in [2.05, 4.69) is 0 Å². The largest absolute Gasteiger partial charge is 0.365 e. The minimum Gasteiger partial charge on any atom is -0.365 e. The summed E-state index contributed by atoms with van der Waals surface area (Å²) < 4.78 is 0.684. The highest BCUT2D eigenvalue weighted by Gasteiger charge is 2.19. The first-order valence-electron chi connectivity index (χ1n) is 6.77. The molecule has 1 amide bonds. The zero-order chi connectivity index (χ0) is 16.5. The lowest BCUT2D eigenvalue weighted by molar-refractivity contribution is -0.118. The molecule has 0 fully saturated rings. The Balaban J connectivity index is 3.05. The van der Waals surface area contributed by atoms with Gasteiger partial charge in [-0.05, 0) is 35.3 Å². The normalized spacial score (nSPS) is 10.7. The van der Waals surface area contributed by atoms with Crippen LogP contribution in [0, 0.1) is 0 Å². The molecule has 1 aromatic carbocycles. The Bertz CT molecular complexity index is 587. The molecule has 118 valence electrons. The Morgan fingerprint density at radius 2 is 1.68 bits per heavy atom. The third-order valence-corrected chi connectivity index (χ3v) is 5.01. The predicted octanol–water partition coefficient (Wildman–Crippen LogP) is 4.13. The third kappa shape index (κ3) is 5.91. The van der Waals surface area contributed by atoms with Gasteiger partial charge in [0.15, 0.2) is 5.78 Å². The van der Waals surface area contributed by atoms with Gasteiger partial charge in [0.2, 0.25) is 0 Å². The molecular weight excluding hydrogens is 338 g/mol. The van der Waals surface area contributed by atoms with E-state index in [1.807, 2.05) is 13.8 Å². The zero-order valence-electron chi connectivity index (χ0n) is 12.5. The number of hydrogen-bond donors (Lipinski definition) is 1. The smallest absolute Gasteiger partial charge is 0.254 e. The fourth-order valence-electron chi connectivity index (χ4n) is 1.60. The third-order valence-electron chi connectivity index (χ3n) is 2.54. The molecule has 0 aromatic heterocycles. The summed E-state index contributed by atoms with van der Waals surface area (Å²) in [4.78, 5) is 24.0. The number of carbonyl (C=O) groups excluding carboxylic acids is 2. The molecule has 22 heavy (non-hydrogen) atoms. The van der Waals surface area contributed by atoms with Gasteiger partial charge < -0.3 is 5.73 Å². The minimum atomic E-state index is -0.692. The van der Waals surface area contributed by atoms with Crippen molar-refractivity contribution in [2.45, 2.75) is 13.8 Å². The first kappa shape index (κ1) is 18.9. The van der Waals surface area contributed by atoms with Crippen LogP contribution in [0.15, 0.2) is 40.2 Å². The molecule has 0 heterocycles. The topological polar surface area (TPSA) is 60.2 Å². The molecule has 0 aliphatic carbocycles. The van der Waals surface area contributed by atoms with Crippen molar-refractivity contribution in [1.29, 1.82) is 0 Å². The van der Waals surface area contributed by atoms with Crippen molar-refractivity contribution in [2.24, 2.45) is 5.73 Å². The summed E-state index contributed by atoms with van der Waals surface area (Å²) in [6, 6.07) is 7.06. The first-order chi connectivity index (χ1) is 10.5. The van der Waals surface area contributed by atoms with Gasteiger partial charge in [-0.3, -0.25) is 9.59 Å². The Morgan fingerprint density at radius 1 is 1.14 bits per heavy atom. The lowest BCUT2D eigenvalue weighted by atomic mass is 10.1. The summed E-state index contributed by atoms with van der Waals surface area (Å²) >= 11 is 8.73. The fraction of sp³-hybridized carbons (Fsp3) is 0.250. The van der Waals surface area contributed by atoms with E-state index in [1.165, 1.54) is 29.6 Å². The molecule has 0 unspecified atom stereocenters. The standard InChI is InChI=1S/C16H18ClNO2S2/c1-3-21-16(22-4-2)14(15(18)20)13(19)10-7-11-5-8-12(17)9-6-11/h5-10H,3-4H2,1-2H3,(H2,18,20)/b10-7+. The van der Waals surface area contributed by atoms with Crippen LogP contribution in [-0.2, 0) is 9.59 Å². The number of ketones is 1. The van der Waals surface area contributed by atoms with Gasteiger partial charge >= 0.3 is 0 Å². The highest BCUT2D eigenvalue weighted by Crippen LogP contribution is 2.32. The number of hydrogen-bond acceptors (Lipinski definition) is 4. The van der Waals surface area contributed by atoms with Crippen molar-refractivity contribution in [1.82, 2.24) is 0 Å². The van der Waals surface area contributed by atoms with Gasteiger partial charge in [-0.15, -0.1) is 23.5 Å². The number of thioether (sulfide) groups is 2. The maximum atomic E-state index is 12.3. The van der Waals surface area contributed by atoms with Crippen molar-refractivity contribution >= 4 is 52.9 Å². The molecule has 0 aliphatic rings. The molecule has 0 atom stereocenters. The van der Waals surface area contributed by atoms with Gasteiger partial charge in [0.25, 0.3) is 5.91 Å². The maximum Gasteiger partial charge on any atom is 0.254 e. The number of halogens is 1. The molecule has 0 saturated carbocycles. The van der Waals surface area contributed by atoms with Crippen LogP contribution < -0.4 is 5.73 Å². The molecule has 0 aliphatic heterocycles. The van der Waals surface area contributed by atoms with Gasteiger partial charge in [0, 0.05) is 5.02 Å². The molecule has 0 bridgehead atoms. The number of rotatable bonds is 8.